The standard InChI is InChI=1S/C19H20FNO3S/c1-4-13-21(25(23,24)18-11-5-14(2)6-12-18)15(3)19(22)16-7-9-17(20)10-8-16/h1,5-12,15,19,22H,13H2,2-3H3/t15-,19-/m0/s1. The molecule has 1 N–H and O–H groups in total. The number of rotatable bonds is 6. The van der Waals surface area contributed by atoms with Gasteiger partial charge in [0.1, 0.15) is 5.82 Å². The highest BCUT2D eigenvalue weighted by Crippen LogP contribution is 2.26. The molecule has 2 atom stereocenters. The van der Waals surface area contributed by atoms with Gasteiger partial charge in [0.05, 0.1) is 23.6 Å². The molecule has 0 aliphatic rings. The van der Waals surface area contributed by atoms with Gasteiger partial charge in [-0.1, -0.05) is 35.7 Å². The first-order chi connectivity index (χ1) is 11.8. The average molecular weight is 361 g/mol. The predicted molar refractivity (Wildman–Crippen MR) is 94.7 cm³/mol. The van der Waals surface area contributed by atoms with Crippen molar-refractivity contribution < 1.29 is 17.9 Å². The van der Waals surface area contributed by atoms with Crippen LogP contribution in [0.4, 0.5) is 4.39 Å². The molecule has 0 fully saturated rings. The molecular formula is C19H20FNO3S. The zero-order valence-corrected chi connectivity index (χ0v) is 14.9. The van der Waals surface area contributed by atoms with E-state index in [1.54, 1.807) is 19.1 Å². The molecule has 0 aliphatic carbocycles. The maximum absolute atomic E-state index is 13.1. The minimum absolute atomic E-state index is 0.103. The van der Waals surface area contributed by atoms with E-state index in [-0.39, 0.29) is 11.4 Å². The van der Waals surface area contributed by atoms with E-state index in [1.807, 2.05) is 6.92 Å². The van der Waals surface area contributed by atoms with Crippen molar-refractivity contribution in [2.45, 2.75) is 30.9 Å². The van der Waals surface area contributed by atoms with Crippen molar-refractivity contribution in [2.75, 3.05) is 6.54 Å². The number of benzene rings is 2. The molecule has 0 saturated carbocycles. The summed E-state index contributed by atoms with van der Waals surface area (Å²) in [5.41, 5.74) is 1.34. The number of terminal acetylenes is 1. The summed E-state index contributed by atoms with van der Waals surface area (Å²) >= 11 is 0. The number of nitrogens with zero attached hydrogens (tertiary/aromatic N) is 1. The Kier molecular flexibility index (Phi) is 5.96. The predicted octanol–water partition coefficient (Wildman–Crippen LogP) is 2.88. The molecule has 0 unspecified atom stereocenters. The van der Waals surface area contributed by atoms with Crippen molar-refractivity contribution >= 4 is 10.0 Å². The van der Waals surface area contributed by atoms with Crippen molar-refractivity contribution in [3.05, 3.63) is 65.5 Å². The van der Waals surface area contributed by atoms with Crippen LogP contribution in [-0.2, 0) is 10.0 Å². The number of hydrogen-bond donors (Lipinski definition) is 1. The Morgan fingerprint density at radius 2 is 1.72 bits per heavy atom. The van der Waals surface area contributed by atoms with E-state index in [9.17, 15) is 17.9 Å². The Balaban J connectivity index is 2.37. The molecule has 0 aromatic heterocycles. The van der Waals surface area contributed by atoms with E-state index < -0.39 is 28.0 Å². The second kappa shape index (κ2) is 7.79. The topological polar surface area (TPSA) is 57.6 Å². The molecule has 0 saturated heterocycles. The summed E-state index contributed by atoms with van der Waals surface area (Å²) in [5.74, 6) is 1.89. The zero-order chi connectivity index (χ0) is 18.6. The summed E-state index contributed by atoms with van der Waals surface area (Å²) in [6.07, 6.45) is 4.19. The normalized spacial score (nSPS) is 14.1. The summed E-state index contributed by atoms with van der Waals surface area (Å²) in [6.45, 7) is 3.24. The number of aliphatic hydroxyl groups is 1. The molecule has 0 radical (unpaired) electrons. The maximum atomic E-state index is 13.1. The molecule has 0 bridgehead atoms. The van der Waals surface area contributed by atoms with Crippen molar-refractivity contribution in [3.8, 4) is 12.3 Å². The van der Waals surface area contributed by atoms with Gasteiger partial charge in [-0.3, -0.25) is 0 Å². The fourth-order valence-electron chi connectivity index (χ4n) is 2.48. The Hall–Kier alpha value is -2.20. The Morgan fingerprint density at radius 3 is 2.24 bits per heavy atom. The lowest BCUT2D eigenvalue weighted by Gasteiger charge is -2.30. The first kappa shape index (κ1) is 19.1. The van der Waals surface area contributed by atoms with E-state index in [4.69, 9.17) is 6.42 Å². The van der Waals surface area contributed by atoms with Crippen molar-refractivity contribution in [1.82, 2.24) is 4.31 Å². The Morgan fingerprint density at radius 1 is 1.16 bits per heavy atom. The maximum Gasteiger partial charge on any atom is 0.244 e. The van der Waals surface area contributed by atoms with Crippen LogP contribution in [0.2, 0.25) is 0 Å². The molecule has 0 heterocycles. The number of halogens is 1. The summed E-state index contributed by atoms with van der Waals surface area (Å²) in [7, 11) is -3.88. The quantitative estimate of drug-likeness (QED) is 0.805. The fraction of sp³-hybridized carbons (Fsp3) is 0.263. The van der Waals surface area contributed by atoms with E-state index in [1.165, 1.54) is 36.4 Å². The van der Waals surface area contributed by atoms with Crippen molar-refractivity contribution in [3.63, 3.8) is 0 Å². The number of aliphatic hydroxyl groups excluding tert-OH is 1. The molecule has 0 amide bonds. The van der Waals surface area contributed by atoms with Gasteiger partial charge in [0.15, 0.2) is 0 Å². The van der Waals surface area contributed by atoms with Crippen LogP contribution in [0.15, 0.2) is 53.4 Å². The average Bonchev–Trinajstić information content (AvgIpc) is 2.59. The summed E-state index contributed by atoms with van der Waals surface area (Å²) in [5, 5.41) is 10.5. The largest absolute Gasteiger partial charge is 0.387 e. The second-order valence-corrected chi connectivity index (χ2v) is 7.69. The third-order valence-corrected chi connectivity index (χ3v) is 5.94. The van der Waals surface area contributed by atoms with Gasteiger partial charge < -0.3 is 5.11 Å². The van der Waals surface area contributed by atoms with Gasteiger partial charge in [0, 0.05) is 0 Å². The van der Waals surface area contributed by atoms with E-state index in [2.05, 4.69) is 5.92 Å². The Labute approximate surface area is 148 Å². The van der Waals surface area contributed by atoms with Crippen LogP contribution >= 0.6 is 0 Å². The van der Waals surface area contributed by atoms with Crippen LogP contribution in [0.1, 0.15) is 24.2 Å². The molecule has 4 nitrogen and oxygen atoms in total. The van der Waals surface area contributed by atoms with Crippen molar-refractivity contribution in [1.29, 1.82) is 0 Å². The van der Waals surface area contributed by atoms with Crippen LogP contribution in [0.5, 0.6) is 0 Å². The van der Waals surface area contributed by atoms with Gasteiger partial charge in [0.25, 0.3) is 0 Å². The monoisotopic (exact) mass is 361 g/mol. The highest BCUT2D eigenvalue weighted by molar-refractivity contribution is 7.89. The number of aryl methyl sites for hydroxylation is 1. The van der Waals surface area contributed by atoms with Crippen LogP contribution in [0.25, 0.3) is 0 Å². The highest BCUT2D eigenvalue weighted by atomic mass is 32.2. The lowest BCUT2D eigenvalue weighted by molar-refractivity contribution is 0.103. The third kappa shape index (κ3) is 4.26. The number of sulfonamides is 1. The first-order valence-electron chi connectivity index (χ1n) is 7.73. The van der Waals surface area contributed by atoms with Gasteiger partial charge in [-0.25, -0.2) is 12.8 Å². The molecule has 132 valence electrons. The second-order valence-electron chi connectivity index (χ2n) is 5.80. The molecule has 2 aromatic carbocycles. The fourth-order valence-corrected chi connectivity index (χ4v) is 4.03. The molecular weight excluding hydrogens is 341 g/mol. The minimum Gasteiger partial charge on any atom is -0.387 e. The molecule has 2 rings (SSSR count). The summed E-state index contributed by atoms with van der Waals surface area (Å²) in [4.78, 5) is 0.103. The molecule has 0 spiro atoms. The highest BCUT2D eigenvalue weighted by Gasteiger charge is 2.33. The van der Waals surface area contributed by atoms with E-state index in [0.29, 0.717) is 5.56 Å². The van der Waals surface area contributed by atoms with E-state index >= 15 is 0 Å². The molecule has 25 heavy (non-hydrogen) atoms. The van der Waals surface area contributed by atoms with Gasteiger partial charge in [-0.2, -0.15) is 4.31 Å². The van der Waals surface area contributed by atoms with Gasteiger partial charge in [-0.05, 0) is 43.7 Å². The van der Waals surface area contributed by atoms with Crippen LogP contribution in [-0.4, -0.2) is 30.4 Å². The lowest BCUT2D eigenvalue weighted by Crippen LogP contribution is -2.42. The summed E-state index contributed by atoms with van der Waals surface area (Å²) in [6, 6.07) is 10.8. The third-order valence-electron chi connectivity index (χ3n) is 4.00. The number of hydrogen-bond acceptors (Lipinski definition) is 3. The SMILES string of the molecule is C#CCN([C@@H](C)[C@H](O)c1ccc(F)cc1)S(=O)(=O)c1ccc(C)cc1. The first-order valence-corrected chi connectivity index (χ1v) is 9.17. The molecule has 6 heteroatoms. The zero-order valence-electron chi connectivity index (χ0n) is 14.1. The smallest absolute Gasteiger partial charge is 0.244 e. The lowest BCUT2D eigenvalue weighted by atomic mass is 10.0. The van der Waals surface area contributed by atoms with Crippen LogP contribution in [0, 0.1) is 25.1 Å². The van der Waals surface area contributed by atoms with Crippen LogP contribution < -0.4 is 0 Å². The van der Waals surface area contributed by atoms with Gasteiger partial charge >= 0.3 is 0 Å². The van der Waals surface area contributed by atoms with Gasteiger partial charge in [-0.15, -0.1) is 6.42 Å². The van der Waals surface area contributed by atoms with E-state index in [0.717, 1.165) is 9.87 Å². The van der Waals surface area contributed by atoms with Crippen LogP contribution in [0.3, 0.4) is 0 Å². The molecule has 2 aromatic rings. The minimum atomic E-state index is -3.88. The Bertz CT molecular complexity index is 855. The summed E-state index contributed by atoms with van der Waals surface area (Å²) < 4.78 is 40.0. The molecule has 0 aliphatic heterocycles. The van der Waals surface area contributed by atoms with Gasteiger partial charge in [0.2, 0.25) is 10.0 Å². The van der Waals surface area contributed by atoms with Crippen molar-refractivity contribution in [2.24, 2.45) is 0 Å².